The van der Waals surface area contributed by atoms with Crippen LogP contribution in [0, 0.1) is 5.92 Å². The Bertz CT molecular complexity index is 1650. The van der Waals surface area contributed by atoms with Crippen LogP contribution in [0.3, 0.4) is 0 Å². The van der Waals surface area contributed by atoms with Crippen molar-refractivity contribution in [1.82, 2.24) is 10.2 Å². The molecule has 10 heteroatoms. The number of carbonyl (C=O) groups excluding carboxylic acids is 3. The first-order chi connectivity index (χ1) is 22.2. The fourth-order valence-corrected chi connectivity index (χ4v) is 7.12. The van der Waals surface area contributed by atoms with Gasteiger partial charge in [0, 0.05) is 34.6 Å². The molecule has 3 heterocycles. The normalized spacial score (nSPS) is 23.0. The van der Waals surface area contributed by atoms with Gasteiger partial charge in [0.25, 0.3) is 5.91 Å². The summed E-state index contributed by atoms with van der Waals surface area (Å²) in [5.41, 5.74) is 3.03. The van der Waals surface area contributed by atoms with E-state index < -0.39 is 17.4 Å². The van der Waals surface area contributed by atoms with Gasteiger partial charge < -0.3 is 30.6 Å². The third-order valence-electron chi connectivity index (χ3n) is 9.43. The number of anilines is 2. The number of benzene rings is 3. The molecule has 0 aromatic heterocycles. The van der Waals surface area contributed by atoms with Crippen LogP contribution in [0.2, 0.25) is 0 Å². The number of nitrogens with one attached hydrogen (secondary N) is 2. The van der Waals surface area contributed by atoms with Crippen molar-refractivity contribution in [2.75, 3.05) is 23.4 Å². The Morgan fingerprint density at radius 1 is 1.13 bits per heavy atom. The van der Waals surface area contributed by atoms with Crippen molar-refractivity contribution in [1.29, 1.82) is 0 Å². The fraction of sp³-hybridized carbons (Fsp3) is 0.361. The number of rotatable bonds is 9. The van der Waals surface area contributed by atoms with E-state index in [0.717, 1.165) is 40.5 Å². The van der Waals surface area contributed by atoms with Crippen molar-refractivity contribution in [3.63, 3.8) is 0 Å². The largest absolute Gasteiger partial charge is 0.394 e. The van der Waals surface area contributed by atoms with E-state index in [0.29, 0.717) is 29.9 Å². The van der Waals surface area contributed by atoms with E-state index in [1.54, 1.807) is 34.9 Å². The summed E-state index contributed by atoms with van der Waals surface area (Å²) in [7, 11) is 0. The molecule has 3 aromatic rings. The predicted molar refractivity (Wildman–Crippen MR) is 180 cm³/mol. The maximum Gasteiger partial charge on any atom is 0.264 e. The number of amides is 3. The van der Waals surface area contributed by atoms with E-state index in [2.05, 4.69) is 26.6 Å². The van der Waals surface area contributed by atoms with Crippen LogP contribution in [-0.2, 0) is 39.5 Å². The van der Waals surface area contributed by atoms with Gasteiger partial charge in [0.1, 0.15) is 0 Å². The minimum absolute atomic E-state index is 0.0530. The third kappa shape index (κ3) is 6.27. The van der Waals surface area contributed by atoms with Crippen LogP contribution in [-0.4, -0.2) is 58.1 Å². The Labute approximate surface area is 277 Å². The summed E-state index contributed by atoms with van der Waals surface area (Å²) >= 11 is 3.50. The standard InChI is InChI=1S/C36H39BrN4O5/c1-23(6-4-10-33(43)40-21-26-8-3-2-7-25(26)18-29(40)22-42)36(46)30-19-27(37)13-16-32(30)41(35(36)45)20-24-11-14-28(15-12-24)39-34(44)31-9-5-17-38-31/h2-4,6-8,11-16,19,23,29,31,38,42,46H,5,9-10,17-18,20-22H2,1H3,(H,39,44)/b6-4+/t23-,29+,31-,36+/m1/s1. The molecule has 240 valence electrons. The minimum atomic E-state index is -1.83. The van der Waals surface area contributed by atoms with E-state index in [-0.39, 0.29) is 43.5 Å². The van der Waals surface area contributed by atoms with E-state index in [4.69, 9.17) is 0 Å². The summed E-state index contributed by atoms with van der Waals surface area (Å²) in [6.45, 7) is 3.18. The molecule has 3 aromatic carbocycles. The molecule has 0 spiro atoms. The van der Waals surface area contributed by atoms with Crippen LogP contribution in [0.1, 0.15) is 48.4 Å². The minimum Gasteiger partial charge on any atom is -0.394 e. The number of halogens is 1. The van der Waals surface area contributed by atoms with Crippen molar-refractivity contribution in [3.05, 3.63) is 106 Å². The number of aliphatic hydroxyl groups excluding tert-OH is 1. The van der Waals surface area contributed by atoms with Crippen LogP contribution in [0.4, 0.5) is 11.4 Å². The zero-order valence-corrected chi connectivity index (χ0v) is 27.4. The Balaban J connectivity index is 1.15. The molecule has 3 amide bonds. The van der Waals surface area contributed by atoms with Crippen molar-refractivity contribution in [2.45, 2.75) is 63.4 Å². The predicted octanol–water partition coefficient (Wildman–Crippen LogP) is 4.40. The lowest BCUT2D eigenvalue weighted by Crippen LogP contribution is -2.46. The van der Waals surface area contributed by atoms with Crippen molar-refractivity contribution >= 4 is 45.0 Å². The van der Waals surface area contributed by atoms with Crippen LogP contribution < -0.4 is 15.5 Å². The molecule has 0 aliphatic carbocycles. The van der Waals surface area contributed by atoms with Crippen molar-refractivity contribution in [3.8, 4) is 0 Å². The Morgan fingerprint density at radius 2 is 1.89 bits per heavy atom. The fourth-order valence-electron chi connectivity index (χ4n) is 6.76. The molecule has 1 saturated heterocycles. The maximum atomic E-state index is 14.0. The summed E-state index contributed by atoms with van der Waals surface area (Å²) in [5, 5.41) is 28.2. The smallest absolute Gasteiger partial charge is 0.264 e. The van der Waals surface area contributed by atoms with Crippen molar-refractivity contribution < 1.29 is 24.6 Å². The highest BCUT2D eigenvalue weighted by molar-refractivity contribution is 9.10. The lowest BCUT2D eigenvalue weighted by molar-refractivity contribution is -0.139. The van der Waals surface area contributed by atoms with Gasteiger partial charge in [-0.15, -0.1) is 0 Å². The molecule has 0 bridgehead atoms. The Hall–Kier alpha value is -3.83. The first kappa shape index (κ1) is 32.1. The highest BCUT2D eigenvalue weighted by Gasteiger charge is 2.52. The van der Waals surface area contributed by atoms with Crippen LogP contribution in [0.25, 0.3) is 0 Å². The molecule has 1 fully saturated rings. The highest BCUT2D eigenvalue weighted by Crippen LogP contribution is 2.46. The molecule has 9 nitrogen and oxygen atoms in total. The summed E-state index contributed by atoms with van der Waals surface area (Å²) in [6, 6.07) is 20.3. The number of hydrogen-bond donors (Lipinski definition) is 4. The second-order valence-electron chi connectivity index (χ2n) is 12.4. The molecule has 4 atom stereocenters. The molecule has 3 aliphatic rings. The van der Waals surface area contributed by atoms with Gasteiger partial charge in [0.05, 0.1) is 30.9 Å². The molecule has 0 saturated carbocycles. The van der Waals surface area contributed by atoms with Gasteiger partial charge in [-0.05, 0) is 72.8 Å². The average molecular weight is 688 g/mol. The zero-order valence-electron chi connectivity index (χ0n) is 25.8. The SMILES string of the molecule is C[C@H](/C=C/CC(=O)N1Cc2ccccc2C[C@H]1CO)[C@@]1(O)C(=O)N(Cc2ccc(NC(=O)[C@H]3CCCN3)cc2)c2ccc(Br)cc21. The first-order valence-corrected chi connectivity index (χ1v) is 16.6. The molecule has 3 aliphatic heterocycles. The van der Waals surface area contributed by atoms with Gasteiger partial charge in [0.2, 0.25) is 11.8 Å². The number of fused-ring (bicyclic) bond motifs is 2. The summed E-state index contributed by atoms with van der Waals surface area (Å²) in [4.78, 5) is 43.1. The monoisotopic (exact) mass is 686 g/mol. The van der Waals surface area contributed by atoms with Crippen LogP contribution in [0.5, 0.6) is 0 Å². The molecule has 0 unspecified atom stereocenters. The van der Waals surface area contributed by atoms with Crippen LogP contribution in [0.15, 0.2) is 83.4 Å². The van der Waals surface area contributed by atoms with Gasteiger partial charge in [-0.3, -0.25) is 14.4 Å². The van der Waals surface area contributed by atoms with Gasteiger partial charge in [-0.2, -0.15) is 0 Å². The third-order valence-corrected chi connectivity index (χ3v) is 9.93. The molecular weight excluding hydrogens is 648 g/mol. The summed E-state index contributed by atoms with van der Waals surface area (Å²) < 4.78 is 0.739. The summed E-state index contributed by atoms with van der Waals surface area (Å²) in [5.74, 6) is -1.25. The molecule has 4 N–H and O–H groups in total. The van der Waals surface area contributed by atoms with E-state index in [1.165, 1.54) is 0 Å². The number of aliphatic hydroxyl groups is 2. The van der Waals surface area contributed by atoms with E-state index in [9.17, 15) is 24.6 Å². The molecule has 6 rings (SSSR count). The lowest BCUT2D eigenvalue weighted by Gasteiger charge is -2.36. The Morgan fingerprint density at radius 3 is 2.61 bits per heavy atom. The highest BCUT2D eigenvalue weighted by atomic mass is 79.9. The van der Waals surface area contributed by atoms with Gasteiger partial charge >= 0.3 is 0 Å². The van der Waals surface area contributed by atoms with Gasteiger partial charge in [-0.25, -0.2) is 0 Å². The maximum absolute atomic E-state index is 14.0. The van der Waals surface area contributed by atoms with Gasteiger partial charge in [0.15, 0.2) is 5.60 Å². The van der Waals surface area contributed by atoms with Crippen LogP contribution >= 0.6 is 15.9 Å². The van der Waals surface area contributed by atoms with Gasteiger partial charge in [-0.1, -0.05) is 71.4 Å². The zero-order chi connectivity index (χ0) is 32.4. The topological polar surface area (TPSA) is 122 Å². The number of nitrogens with zero attached hydrogens (tertiary/aromatic N) is 2. The lowest BCUT2D eigenvalue weighted by atomic mass is 9.83. The van der Waals surface area contributed by atoms with E-state index in [1.807, 2.05) is 60.7 Å². The molecule has 46 heavy (non-hydrogen) atoms. The summed E-state index contributed by atoms with van der Waals surface area (Å²) in [6.07, 6.45) is 5.93. The number of hydrogen-bond acceptors (Lipinski definition) is 6. The molecule has 0 radical (unpaired) electrons. The Kier molecular flexibility index (Phi) is 9.42. The number of carbonyl (C=O) groups is 3. The second-order valence-corrected chi connectivity index (χ2v) is 13.3. The van der Waals surface area contributed by atoms with E-state index >= 15 is 0 Å². The average Bonchev–Trinajstić information content (AvgIpc) is 3.68. The first-order valence-electron chi connectivity index (χ1n) is 15.8. The van der Waals surface area contributed by atoms with Crippen molar-refractivity contribution in [2.24, 2.45) is 5.92 Å². The second kappa shape index (κ2) is 13.5. The molecular formula is C36H39BrN4O5. The quantitative estimate of drug-likeness (QED) is 0.248.